The Morgan fingerprint density at radius 1 is 1.22 bits per heavy atom. The zero-order chi connectivity index (χ0) is 18.6. The SMILES string of the molecule is Cc1cccc(Nc2nccnc2C2CCCN(C(=O)c3ccn[nH]3)C2)n1. The Balaban J connectivity index is 1.55. The first-order valence-electron chi connectivity index (χ1n) is 9.01. The highest BCUT2D eigenvalue weighted by molar-refractivity contribution is 5.92. The molecule has 0 spiro atoms. The van der Waals surface area contributed by atoms with E-state index in [0.29, 0.717) is 18.1 Å². The Kier molecular flexibility index (Phi) is 4.78. The molecule has 8 nitrogen and oxygen atoms in total. The molecule has 4 rings (SSSR count). The van der Waals surface area contributed by atoms with Gasteiger partial charge in [0.05, 0.1) is 5.69 Å². The number of nitrogens with zero attached hydrogens (tertiary/aromatic N) is 5. The first-order chi connectivity index (χ1) is 13.2. The number of pyridine rings is 1. The molecule has 1 fully saturated rings. The molecule has 3 aromatic heterocycles. The fraction of sp³-hybridized carbons (Fsp3) is 0.316. The monoisotopic (exact) mass is 363 g/mol. The maximum atomic E-state index is 12.6. The van der Waals surface area contributed by atoms with Crippen molar-refractivity contribution in [3.8, 4) is 0 Å². The van der Waals surface area contributed by atoms with Crippen LogP contribution in [0, 0.1) is 6.92 Å². The molecule has 8 heteroatoms. The van der Waals surface area contributed by atoms with Crippen LogP contribution in [0.1, 0.15) is 40.6 Å². The lowest BCUT2D eigenvalue weighted by Gasteiger charge is -2.32. The molecule has 2 N–H and O–H groups in total. The third kappa shape index (κ3) is 3.79. The second-order valence-electron chi connectivity index (χ2n) is 6.64. The molecule has 1 unspecified atom stereocenters. The summed E-state index contributed by atoms with van der Waals surface area (Å²) in [5, 5.41) is 9.90. The molecule has 1 aliphatic heterocycles. The fourth-order valence-corrected chi connectivity index (χ4v) is 3.41. The van der Waals surface area contributed by atoms with Gasteiger partial charge in [-0.2, -0.15) is 5.10 Å². The topological polar surface area (TPSA) is 99.7 Å². The van der Waals surface area contributed by atoms with Gasteiger partial charge in [0.25, 0.3) is 5.91 Å². The molecule has 1 amide bonds. The van der Waals surface area contributed by atoms with Crippen LogP contribution in [-0.4, -0.2) is 49.0 Å². The molecule has 0 aromatic carbocycles. The highest BCUT2D eigenvalue weighted by atomic mass is 16.2. The van der Waals surface area contributed by atoms with Gasteiger partial charge in [-0.05, 0) is 38.0 Å². The molecular weight excluding hydrogens is 342 g/mol. The minimum Gasteiger partial charge on any atom is -0.337 e. The van der Waals surface area contributed by atoms with E-state index < -0.39 is 0 Å². The summed E-state index contributed by atoms with van der Waals surface area (Å²) in [4.78, 5) is 28.0. The molecule has 0 aliphatic carbocycles. The van der Waals surface area contributed by atoms with Crippen LogP contribution in [0.3, 0.4) is 0 Å². The molecule has 1 atom stereocenters. The van der Waals surface area contributed by atoms with Crippen molar-refractivity contribution < 1.29 is 4.79 Å². The number of hydrogen-bond acceptors (Lipinski definition) is 6. The first kappa shape index (κ1) is 17.1. The van der Waals surface area contributed by atoms with E-state index in [0.717, 1.165) is 36.6 Å². The summed E-state index contributed by atoms with van der Waals surface area (Å²) in [5.41, 5.74) is 2.31. The first-order valence-corrected chi connectivity index (χ1v) is 9.01. The largest absolute Gasteiger partial charge is 0.337 e. The van der Waals surface area contributed by atoms with Crippen LogP contribution in [-0.2, 0) is 0 Å². The van der Waals surface area contributed by atoms with E-state index in [1.165, 1.54) is 0 Å². The summed E-state index contributed by atoms with van der Waals surface area (Å²) in [6, 6.07) is 7.50. The lowest BCUT2D eigenvalue weighted by atomic mass is 9.94. The molecular formula is C19H21N7O. The number of amides is 1. The maximum absolute atomic E-state index is 12.6. The summed E-state index contributed by atoms with van der Waals surface area (Å²) in [6.07, 6.45) is 6.83. The summed E-state index contributed by atoms with van der Waals surface area (Å²) in [5.74, 6) is 1.51. The average Bonchev–Trinajstić information content (AvgIpc) is 3.23. The number of aryl methyl sites for hydroxylation is 1. The average molecular weight is 363 g/mol. The second-order valence-corrected chi connectivity index (χ2v) is 6.64. The van der Waals surface area contributed by atoms with Crippen LogP contribution in [0.4, 0.5) is 11.6 Å². The van der Waals surface area contributed by atoms with E-state index >= 15 is 0 Å². The number of piperidine rings is 1. The van der Waals surface area contributed by atoms with Gasteiger partial charge in [-0.25, -0.2) is 9.97 Å². The van der Waals surface area contributed by atoms with E-state index in [9.17, 15) is 4.79 Å². The Morgan fingerprint density at radius 2 is 2.11 bits per heavy atom. The van der Waals surface area contributed by atoms with Crippen molar-refractivity contribution in [1.29, 1.82) is 0 Å². The van der Waals surface area contributed by atoms with Crippen molar-refractivity contribution in [2.75, 3.05) is 18.4 Å². The molecule has 27 heavy (non-hydrogen) atoms. The van der Waals surface area contributed by atoms with Gasteiger partial charge in [0, 0.05) is 43.3 Å². The van der Waals surface area contributed by atoms with Gasteiger partial charge in [0.2, 0.25) is 0 Å². The minimum absolute atomic E-state index is 0.0315. The third-order valence-electron chi connectivity index (χ3n) is 4.69. The number of carbonyl (C=O) groups excluding carboxylic acids is 1. The van der Waals surface area contributed by atoms with Crippen molar-refractivity contribution in [2.24, 2.45) is 0 Å². The van der Waals surface area contributed by atoms with E-state index in [-0.39, 0.29) is 11.8 Å². The number of anilines is 2. The number of rotatable bonds is 4. The highest BCUT2D eigenvalue weighted by Crippen LogP contribution is 2.30. The number of likely N-dealkylation sites (tertiary alicyclic amines) is 1. The van der Waals surface area contributed by atoms with Gasteiger partial charge in [-0.15, -0.1) is 0 Å². The number of carbonyl (C=O) groups is 1. The predicted molar refractivity (Wildman–Crippen MR) is 101 cm³/mol. The highest BCUT2D eigenvalue weighted by Gasteiger charge is 2.28. The zero-order valence-corrected chi connectivity index (χ0v) is 15.1. The van der Waals surface area contributed by atoms with Gasteiger partial charge < -0.3 is 10.2 Å². The second kappa shape index (κ2) is 7.53. The summed E-state index contributed by atoms with van der Waals surface area (Å²) >= 11 is 0. The van der Waals surface area contributed by atoms with Crippen LogP contribution >= 0.6 is 0 Å². The van der Waals surface area contributed by atoms with Crippen LogP contribution in [0.5, 0.6) is 0 Å². The Labute approximate surface area is 157 Å². The molecule has 0 bridgehead atoms. The van der Waals surface area contributed by atoms with Crippen molar-refractivity contribution in [1.82, 2.24) is 30.0 Å². The lowest BCUT2D eigenvalue weighted by molar-refractivity contribution is 0.0700. The van der Waals surface area contributed by atoms with E-state index in [1.807, 2.05) is 30.0 Å². The summed E-state index contributed by atoms with van der Waals surface area (Å²) < 4.78 is 0. The quantitative estimate of drug-likeness (QED) is 0.739. The van der Waals surface area contributed by atoms with Crippen molar-refractivity contribution >= 4 is 17.5 Å². The predicted octanol–water partition coefficient (Wildman–Crippen LogP) is 2.67. The smallest absolute Gasteiger partial charge is 0.271 e. The number of aromatic nitrogens is 5. The van der Waals surface area contributed by atoms with Crippen LogP contribution in [0.15, 0.2) is 42.9 Å². The summed E-state index contributed by atoms with van der Waals surface area (Å²) in [6.45, 7) is 3.28. The van der Waals surface area contributed by atoms with Crippen LogP contribution in [0.25, 0.3) is 0 Å². The van der Waals surface area contributed by atoms with Gasteiger partial charge in [0.15, 0.2) is 5.82 Å². The van der Waals surface area contributed by atoms with Gasteiger partial charge >= 0.3 is 0 Å². The third-order valence-corrected chi connectivity index (χ3v) is 4.69. The van der Waals surface area contributed by atoms with Crippen molar-refractivity contribution in [3.63, 3.8) is 0 Å². The molecule has 138 valence electrons. The minimum atomic E-state index is -0.0315. The van der Waals surface area contributed by atoms with E-state index in [2.05, 4.69) is 30.5 Å². The number of hydrogen-bond donors (Lipinski definition) is 2. The number of H-pyrrole nitrogens is 1. The van der Waals surface area contributed by atoms with Crippen molar-refractivity contribution in [3.05, 3.63) is 59.9 Å². The van der Waals surface area contributed by atoms with E-state index in [1.54, 1.807) is 24.7 Å². The zero-order valence-electron chi connectivity index (χ0n) is 15.1. The Hall–Kier alpha value is -3.29. The summed E-state index contributed by atoms with van der Waals surface area (Å²) in [7, 11) is 0. The number of aromatic amines is 1. The molecule has 4 heterocycles. The van der Waals surface area contributed by atoms with Crippen molar-refractivity contribution in [2.45, 2.75) is 25.7 Å². The standard InChI is InChI=1S/C19H21N7O/c1-13-4-2-6-16(23-13)24-18-17(20-9-10-21-18)14-5-3-11-26(12-14)19(27)15-7-8-22-25-15/h2,4,6-10,14H,3,5,11-12H2,1H3,(H,22,25)(H,21,23,24). The molecule has 0 saturated carbocycles. The van der Waals surface area contributed by atoms with Gasteiger partial charge in [0.1, 0.15) is 11.5 Å². The van der Waals surface area contributed by atoms with Crippen LogP contribution < -0.4 is 5.32 Å². The molecule has 0 radical (unpaired) electrons. The molecule has 1 saturated heterocycles. The van der Waals surface area contributed by atoms with Crippen LogP contribution in [0.2, 0.25) is 0 Å². The normalized spacial score (nSPS) is 16.9. The lowest BCUT2D eigenvalue weighted by Crippen LogP contribution is -2.39. The maximum Gasteiger partial charge on any atom is 0.271 e. The Morgan fingerprint density at radius 3 is 2.93 bits per heavy atom. The molecule has 3 aromatic rings. The van der Waals surface area contributed by atoms with E-state index in [4.69, 9.17) is 0 Å². The molecule has 1 aliphatic rings. The fourth-order valence-electron chi connectivity index (χ4n) is 3.41. The number of nitrogens with one attached hydrogen (secondary N) is 2. The van der Waals surface area contributed by atoms with Gasteiger partial charge in [-0.3, -0.25) is 14.9 Å². The Bertz CT molecular complexity index is 925. The van der Waals surface area contributed by atoms with Gasteiger partial charge in [-0.1, -0.05) is 6.07 Å².